The highest BCUT2D eigenvalue weighted by atomic mass is 16.6. The van der Waals surface area contributed by atoms with E-state index in [4.69, 9.17) is 4.74 Å². The molecule has 8 heteroatoms. The molecule has 43 heavy (non-hydrogen) atoms. The Morgan fingerprint density at radius 2 is 1.58 bits per heavy atom. The molecule has 1 aromatic rings. The van der Waals surface area contributed by atoms with E-state index in [0.717, 1.165) is 24.6 Å². The SMILES string of the molecule is CC(C)[C@@H](C)/C=C/[C@@H](C)[C@H]1CC[C@H]2C3=CC=C4C[C@@H](OC(=O)c5cc([N+](=O)[O-])cc([N+](=O)[O-])c5)CC[C@@]4(C)[C@@H]3CC[C@]12C. The van der Waals surface area contributed by atoms with Crippen molar-refractivity contribution in [2.45, 2.75) is 92.6 Å². The minimum atomic E-state index is -0.760. The molecular formula is C35H46N2O6. The van der Waals surface area contributed by atoms with Gasteiger partial charge in [0.2, 0.25) is 0 Å². The second kappa shape index (κ2) is 11.7. The lowest BCUT2D eigenvalue weighted by Gasteiger charge is -2.55. The van der Waals surface area contributed by atoms with Crippen LogP contribution in [0.25, 0.3) is 0 Å². The zero-order valence-electron chi connectivity index (χ0n) is 26.4. The van der Waals surface area contributed by atoms with Gasteiger partial charge < -0.3 is 4.74 Å². The molecule has 0 radical (unpaired) electrons. The van der Waals surface area contributed by atoms with Crippen molar-refractivity contribution in [1.82, 2.24) is 0 Å². The fraction of sp³-hybridized carbons (Fsp3) is 0.629. The van der Waals surface area contributed by atoms with Gasteiger partial charge in [-0.05, 0) is 84.9 Å². The van der Waals surface area contributed by atoms with Crippen LogP contribution in [-0.4, -0.2) is 21.9 Å². The standard InChI is InChI=1S/C35H46N2O6/c1-21(2)22(3)7-8-23(4)30-11-12-31-29-10-9-25-19-28(13-15-34(25,5)32(29)14-16-35(30,31)6)43-33(38)24-17-26(36(39)40)20-27(18-24)37(41)42/h7-10,17-18,20-23,28,30-32H,11-16,19H2,1-6H3/b8-7+/t22-,23+,28-,30+,31-,32+,34+,35+/m0/s1. The Morgan fingerprint density at radius 1 is 0.907 bits per heavy atom. The van der Waals surface area contributed by atoms with Gasteiger partial charge in [-0.1, -0.05) is 77.0 Å². The summed E-state index contributed by atoms with van der Waals surface area (Å²) >= 11 is 0. The number of carbonyl (C=O) groups excluding carboxylic acids is 1. The molecule has 8 atom stereocenters. The van der Waals surface area contributed by atoms with E-state index in [1.54, 1.807) is 5.57 Å². The average molecular weight is 591 g/mol. The van der Waals surface area contributed by atoms with Crippen LogP contribution in [0, 0.1) is 66.6 Å². The summed E-state index contributed by atoms with van der Waals surface area (Å²) in [6.07, 6.45) is 16.3. The lowest BCUT2D eigenvalue weighted by Crippen LogP contribution is -2.46. The Balaban J connectivity index is 1.31. The summed E-state index contributed by atoms with van der Waals surface area (Å²) < 4.78 is 5.80. The summed E-state index contributed by atoms with van der Waals surface area (Å²) in [5, 5.41) is 22.6. The van der Waals surface area contributed by atoms with Crippen molar-refractivity contribution in [2.24, 2.45) is 46.3 Å². The number of rotatable bonds is 8. The molecule has 0 spiro atoms. The average Bonchev–Trinajstić information content (AvgIpc) is 3.32. The third-order valence-electron chi connectivity index (χ3n) is 11.8. The number of hydrogen-bond donors (Lipinski definition) is 0. The first kappa shape index (κ1) is 31.1. The number of nitrogens with zero attached hydrogens (tertiary/aromatic N) is 2. The molecule has 4 aliphatic rings. The minimum Gasteiger partial charge on any atom is -0.458 e. The van der Waals surface area contributed by atoms with Crippen molar-refractivity contribution in [3.8, 4) is 0 Å². The number of esters is 1. The highest BCUT2D eigenvalue weighted by Gasteiger charge is 2.57. The maximum Gasteiger partial charge on any atom is 0.338 e. The Kier molecular flexibility index (Phi) is 8.45. The molecule has 0 heterocycles. The molecule has 232 valence electrons. The van der Waals surface area contributed by atoms with Crippen molar-refractivity contribution in [2.75, 3.05) is 0 Å². The Labute approximate surface area is 255 Å². The van der Waals surface area contributed by atoms with E-state index in [-0.39, 0.29) is 17.1 Å². The largest absolute Gasteiger partial charge is 0.458 e. The Bertz CT molecular complexity index is 1360. The number of hydrogen-bond acceptors (Lipinski definition) is 6. The lowest BCUT2D eigenvalue weighted by atomic mass is 9.50. The molecule has 0 aliphatic heterocycles. The smallest absolute Gasteiger partial charge is 0.338 e. The maximum atomic E-state index is 13.0. The topological polar surface area (TPSA) is 113 Å². The molecule has 0 N–H and O–H groups in total. The van der Waals surface area contributed by atoms with Crippen LogP contribution < -0.4 is 0 Å². The molecule has 0 bridgehead atoms. The fourth-order valence-corrected chi connectivity index (χ4v) is 8.82. The van der Waals surface area contributed by atoms with E-state index < -0.39 is 27.2 Å². The second-order valence-corrected chi connectivity index (χ2v) is 14.5. The quantitative estimate of drug-likeness (QED) is 0.129. The summed E-state index contributed by atoms with van der Waals surface area (Å²) in [6.45, 7) is 14.2. The van der Waals surface area contributed by atoms with Crippen molar-refractivity contribution in [3.05, 3.63) is 79.4 Å². The molecule has 3 saturated carbocycles. The third-order valence-corrected chi connectivity index (χ3v) is 11.8. The van der Waals surface area contributed by atoms with Gasteiger partial charge in [0.25, 0.3) is 11.4 Å². The summed E-state index contributed by atoms with van der Waals surface area (Å²) in [4.78, 5) is 34.1. The molecule has 0 unspecified atom stereocenters. The number of fused-ring (bicyclic) bond motifs is 5. The van der Waals surface area contributed by atoms with Crippen LogP contribution in [-0.2, 0) is 4.74 Å². The van der Waals surface area contributed by atoms with E-state index in [9.17, 15) is 25.0 Å². The number of ether oxygens (including phenoxy) is 1. The molecule has 0 aromatic heterocycles. The first-order valence-corrected chi connectivity index (χ1v) is 16.0. The Hall–Kier alpha value is -3.29. The van der Waals surface area contributed by atoms with E-state index in [1.165, 1.54) is 31.3 Å². The van der Waals surface area contributed by atoms with Crippen molar-refractivity contribution < 1.29 is 19.4 Å². The first-order valence-electron chi connectivity index (χ1n) is 16.0. The predicted molar refractivity (Wildman–Crippen MR) is 166 cm³/mol. The van der Waals surface area contributed by atoms with Gasteiger partial charge in [0.1, 0.15) is 6.10 Å². The molecule has 0 amide bonds. The summed E-state index contributed by atoms with van der Waals surface area (Å²) in [5.74, 6) is 2.83. The summed E-state index contributed by atoms with van der Waals surface area (Å²) in [5.41, 5.74) is 2.08. The van der Waals surface area contributed by atoms with Crippen LogP contribution in [0.5, 0.6) is 0 Å². The fourth-order valence-electron chi connectivity index (χ4n) is 8.82. The second-order valence-electron chi connectivity index (χ2n) is 14.5. The van der Waals surface area contributed by atoms with Crippen LogP contribution in [0.2, 0.25) is 0 Å². The van der Waals surface area contributed by atoms with Crippen molar-refractivity contribution in [1.29, 1.82) is 0 Å². The molecule has 5 rings (SSSR count). The molecular weight excluding hydrogens is 544 g/mol. The van der Waals surface area contributed by atoms with Gasteiger partial charge in [-0.3, -0.25) is 20.2 Å². The van der Waals surface area contributed by atoms with Gasteiger partial charge in [-0.2, -0.15) is 0 Å². The van der Waals surface area contributed by atoms with E-state index >= 15 is 0 Å². The molecule has 8 nitrogen and oxygen atoms in total. The van der Waals surface area contributed by atoms with Crippen molar-refractivity contribution >= 4 is 17.3 Å². The maximum absolute atomic E-state index is 13.0. The predicted octanol–water partition coefficient (Wildman–Crippen LogP) is 9.01. The normalized spacial score (nSPS) is 33.1. The molecule has 1 aromatic carbocycles. The van der Waals surface area contributed by atoms with Crippen LogP contribution in [0.15, 0.2) is 53.6 Å². The number of benzene rings is 1. The van der Waals surface area contributed by atoms with Crippen LogP contribution in [0.1, 0.15) is 96.8 Å². The summed E-state index contributed by atoms with van der Waals surface area (Å²) in [6, 6.07) is 2.95. The van der Waals surface area contributed by atoms with E-state index in [0.29, 0.717) is 53.8 Å². The van der Waals surface area contributed by atoms with Crippen LogP contribution in [0.4, 0.5) is 11.4 Å². The molecule has 0 saturated heterocycles. The van der Waals surface area contributed by atoms with E-state index in [1.807, 2.05) is 0 Å². The van der Waals surface area contributed by atoms with Gasteiger partial charge in [0.05, 0.1) is 21.5 Å². The highest BCUT2D eigenvalue weighted by Crippen LogP contribution is 2.66. The number of non-ortho nitro benzene ring substituents is 2. The zero-order valence-corrected chi connectivity index (χ0v) is 26.4. The van der Waals surface area contributed by atoms with Gasteiger partial charge in [-0.15, -0.1) is 0 Å². The highest BCUT2D eigenvalue weighted by molar-refractivity contribution is 5.91. The number of nitro benzene ring substituents is 2. The monoisotopic (exact) mass is 590 g/mol. The van der Waals surface area contributed by atoms with Gasteiger partial charge in [0, 0.05) is 18.6 Å². The van der Waals surface area contributed by atoms with Crippen LogP contribution >= 0.6 is 0 Å². The Morgan fingerprint density at radius 3 is 2.21 bits per heavy atom. The van der Waals surface area contributed by atoms with Gasteiger partial charge >= 0.3 is 5.97 Å². The molecule has 4 aliphatic carbocycles. The summed E-state index contributed by atoms with van der Waals surface area (Å²) in [7, 11) is 0. The van der Waals surface area contributed by atoms with Gasteiger partial charge in [-0.25, -0.2) is 4.79 Å². The third kappa shape index (κ3) is 5.69. The van der Waals surface area contributed by atoms with Gasteiger partial charge in [0.15, 0.2) is 0 Å². The zero-order chi connectivity index (χ0) is 31.3. The number of carbonyl (C=O) groups is 1. The first-order chi connectivity index (χ1) is 20.2. The lowest BCUT2D eigenvalue weighted by molar-refractivity contribution is -0.394. The number of allylic oxidation sites excluding steroid dienone is 5. The minimum absolute atomic E-state index is 0.0228. The molecule has 3 fully saturated rings. The van der Waals surface area contributed by atoms with Crippen LogP contribution in [0.3, 0.4) is 0 Å². The van der Waals surface area contributed by atoms with E-state index in [2.05, 4.69) is 65.8 Å². The number of nitro groups is 2. The van der Waals surface area contributed by atoms with Crippen molar-refractivity contribution in [3.63, 3.8) is 0 Å².